The fourth-order valence-corrected chi connectivity index (χ4v) is 3.03. The molecule has 0 saturated carbocycles. The van der Waals surface area contributed by atoms with Crippen LogP contribution in [0.25, 0.3) is 0 Å². The van der Waals surface area contributed by atoms with Crippen molar-refractivity contribution < 1.29 is 29.1 Å². The number of carbonyl (C=O) groups excluding carboxylic acids is 3. The number of hydrogen-bond acceptors (Lipinski definition) is 6. The standard InChI is InChI=1S/C18H23N3O6/c1-4-20(5-2)11(3)14-10-12(6-7-13(14)17(24)25)19-18(26)27-21-15(22)8-9-16(21)23/h6-7,10-11H,4-5,8-9H2,1-3H3,(H,19,26)(H,24,25). The van der Waals surface area contributed by atoms with Crippen LogP contribution in [-0.4, -0.2) is 52.0 Å². The molecule has 3 amide bonds. The molecule has 0 aromatic heterocycles. The van der Waals surface area contributed by atoms with E-state index in [1.54, 1.807) is 6.07 Å². The van der Waals surface area contributed by atoms with Crippen molar-refractivity contribution in [2.24, 2.45) is 0 Å². The molecule has 0 spiro atoms. The van der Waals surface area contributed by atoms with Gasteiger partial charge in [-0.2, -0.15) is 0 Å². The molecule has 0 bridgehead atoms. The largest absolute Gasteiger partial charge is 0.478 e. The summed E-state index contributed by atoms with van der Waals surface area (Å²) in [5.41, 5.74) is 0.980. The van der Waals surface area contributed by atoms with Crippen LogP contribution < -0.4 is 5.32 Å². The van der Waals surface area contributed by atoms with Crippen LogP contribution in [0.3, 0.4) is 0 Å². The van der Waals surface area contributed by atoms with Crippen LogP contribution in [0.2, 0.25) is 0 Å². The first kappa shape index (κ1) is 20.4. The third-order valence-corrected chi connectivity index (χ3v) is 4.52. The minimum atomic E-state index is -1.06. The average molecular weight is 377 g/mol. The number of carbonyl (C=O) groups is 4. The van der Waals surface area contributed by atoms with Crippen LogP contribution in [-0.2, 0) is 14.4 Å². The lowest BCUT2D eigenvalue weighted by Gasteiger charge is -2.28. The normalized spacial score (nSPS) is 15.2. The van der Waals surface area contributed by atoms with Gasteiger partial charge in [-0.05, 0) is 43.8 Å². The van der Waals surface area contributed by atoms with Gasteiger partial charge in [0.2, 0.25) is 0 Å². The van der Waals surface area contributed by atoms with Gasteiger partial charge in [-0.25, -0.2) is 9.59 Å². The average Bonchev–Trinajstić information content (AvgIpc) is 2.94. The Morgan fingerprint density at radius 1 is 1.22 bits per heavy atom. The molecule has 0 radical (unpaired) electrons. The highest BCUT2D eigenvalue weighted by molar-refractivity contribution is 6.02. The van der Waals surface area contributed by atoms with Crippen molar-refractivity contribution in [2.45, 2.75) is 39.7 Å². The van der Waals surface area contributed by atoms with Gasteiger partial charge in [-0.1, -0.05) is 13.8 Å². The van der Waals surface area contributed by atoms with E-state index in [4.69, 9.17) is 4.84 Å². The number of carboxylic acid groups (broad SMARTS) is 1. The second kappa shape index (κ2) is 8.63. The van der Waals surface area contributed by atoms with E-state index in [9.17, 15) is 24.3 Å². The Morgan fingerprint density at radius 3 is 2.33 bits per heavy atom. The quantitative estimate of drug-likeness (QED) is 0.701. The third kappa shape index (κ3) is 4.62. The van der Waals surface area contributed by atoms with Crippen molar-refractivity contribution in [3.05, 3.63) is 29.3 Å². The maximum absolute atomic E-state index is 12.0. The van der Waals surface area contributed by atoms with E-state index in [-0.39, 0.29) is 24.4 Å². The maximum Gasteiger partial charge on any atom is 0.436 e. The van der Waals surface area contributed by atoms with Crippen molar-refractivity contribution >= 4 is 29.6 Å². The predicted molar refractivity (Wildman–Crippen MR) is 95.9 cm³/mol. The Labute approximate surface area is 156 Å². The Hall–Kier alpha value is -2.94. The minimum Gasteiger partial charge on any atom is -0.478 e. The van der Waals surface area contributed by atoms with Crippen LogP contribution in [0.4, 0.5) is 10.5 Å². The summed E-state index contributed by atoms with van der Waals surface area (Å²) in [7, 11) is 0. The van der Waals surface area contributed by atoms with Crippen molar-refractivity contribution in [2.75, 3.05) is 18.4 Å². The summed E-state index contributed by atoms with van der Waals surface area (Å²) in [4.78, 5) is 53.4. The number of anilines is 1. The predicted octanol–water partition coefficient (Wildman–Crippen LogP) is 2.40. The molecule has 2 N–H and O–H groups in total. The summed E-state index contributed by atoms with van der Waals surface area (Å²) in [5.74, 6) is -2.22. The maximum atomic E-state index is 12.0. The number of rotatable bonds is 7. The Morgan fingerprint density at radius 2 is 1.81 bits per heavy atom. The second-order valence-electron chi connectivity index (χ2n) is 6.09. The number of nitrogens with zero attached hydrogens (tertiary/aromatic N) is 2. The lowest BCUT2D eigenvalue weighted by Crippen LogP contribution is -2.34. The molecule has 1 aromatic carbocycles. The molecule has 9 nitrogen and oxygen atoms in total. The van der Waals surface area contributed by atoms with Crippen LogP contribution in [0, 0.1) is 0 Å². The zero-order valence-corrected chi connectivity index (χ0v) is 15.5. The molecule has 1 atom stereocenters. The van der Waals surface area contributed by atoms with Gasteiger partial charge in [-0.3, -0.25) is 19.8 Å². The first-order valence-corrected chi connectivity index (χ1v) is 8.74. The number of amides is 3. The van der Waals surface area contributed by atoms with E-state index in [0.29, 0.717) is 16.3 Å². The number of imide groups is 1. The van der Waals surface area contributed by atoms with E-state index in [2.05, 4.69) is 10.2 Å². The van der Waals surface area contributed by atoms with Gasteiger partial charge >= 0.3 is 12.1 Å². The highest BCUT2D eigenvalue weighted by Gasteiger charge is 2.33. The molecule has 1 aliphatic heterocycles. The van der Waals surface area contributed by atoms with E-state index in [0.717, 1.165) is 13.1 Å². The van der Waals surface area contributed by atoms with Gasteiger partial charge < -0.3 is 9.94 Å². The highest BCUT2D eigenvalue weighted by Crippen LogP contribution is 2.27. The number of carboxylic acids is 1. The van der Waals surface area contributed by atoms with Crippen LogP contribution in [0.15, 0.2) is 18.2 Å². The molecule has 1 unspecified atom stereocenters. The summed E-state index contributed by atoms with van der Waals surface area (Å²) in [6.45, 7) is 7.30. The van der Waals surface area contributed by atoms with Gasteiger partial charge in [0, 0.05) is 24.6 Å². The SMILES string of the molecule is CCN(CC)C(C)c1cc(NC(=O)ON2C(=O)CCC2=O)ccc1C(=O)O. The van der Waals surface area contributed by atoms with E-state index < -0.39 is 23.9 Å². The van der Waals surface area contributed by atoms with Gasteiger partial charge in [0.25, 0.3) is 11.8 Å². The summed E-state index contributed by atoms with van der Waals surface area (Å²) >= 11 is 0. The highest BCUT2D eigenvalue weighted by atomic mass is 16.7. The molecule has 0 aliphatic carbocycles. The van der Waals surface area contributed by atoms with Gasteiger partial charge in [-0.15, -0.1) is 5.06 Å². The molecular weight excluding hydrogens is 354 g/mol. The first-order valence-electron chi connectivity index (χ1n) is 8.74. The molecule has 27 heavy (non-hydrogen) atoms. The van der Waals surface area contributed by atoms with Crippen molar-refractivity contribution in [3.8, 4) is 0 Å². The molecule has 9 heteroatoms. The number of benzene rings is 1. The molecule has 2 rings (SSSR count). The van der Waals surface area contributed by atoms with E-state index >= 15 is 0 Å². The van der Waals surface area contributed by atoms with Crippen LogP contribution in [0.1, 0.15) is 55.6 Å². The van der Waals surface area contributed by atoms with Crippen LogP contribution >= 0.6 is 0 Å². The van der Waals surface area contributed by atoms with Gasteiger partial charge in [0.15, 0.2) is 0 Å². The zero-order chi connectivity index (χ0) is 20.1. The number of hydrogen-bond donors (Lipinski definition) is 2. The molecular formula is C18H23N3O6. The topological polar surface area (TPSA) is 116 Å². The number of hydroxylamine groups is 2. The van der Waals surface area contributed by atoms with Crippen molar-refractivity contribution in [3.63, 3.8) is 0 Å². The van der Waals surface area contributed by atoms with E-state index in [1.807, 2.05) is 20.8 Å². The molecule has 1 aliphatic rings. The molecule has 1 heterocycles. The fourth-order valence-electron chi connectivity index (χ4n) is 3.03. The zero-order valence-electron chi connectivity index (χ0n) is 15.5. The summed E-state index contributed by atoms with van der Waals surface area (Å²) in [6.07, 6.45) is -0.987. The number of aromatic carboxylic acids is 1. The van der Waals surface area contributed by atoms with Crippen molar-refractivity contribution in [1.82, 2.24) is 9.96 Å². The van der Waals surface area contributed by atoms with E-state index in [1.165, 1.54) is 12.1 Å². The van der Waals surface area contributed by atoms with Gasteiger partial charge in [0.1, 0.15) is 0 Å². The smallest absolute Gasteiger partial charge is 0.436 e. The molecule has 1 saturated heterocycles. The Bertz CT molecular complexity index is 743. The first-order chi connectivity index (χ1) is 12.8. The summed E-state index contributed by atoms with van der Waals surface area (Å²) in [6, 6.07) is 4.20. The number of nitrogens with one attached hydrogen (secondary N) is 1. The molecule has 146 valence electrons. The third-order valence-electron chi connectivity index (χ3n) is 4.52. The Kier molecular flexibility index (Phi) is 6.51. The van der Waals surface area contributed by atoms with Crippen LogP contribution in [0.5, 0.6) is 0 Å². The lowest BCUT2D eigenvalue weighted by molar-refractivity contribution is -0.170. The monoisotopic (exact) mass is 377 g/mol. The second-order valence-corrected chi connectivity index (χ2v) is 6.09. The van der Waals surface area contributed by atoms with Crippen molar-refractivity contribution in [1.29, 1.82) is 0 Å². The lowest BCUT2D eigenvalue weighted by atomic mass is 9.99. The summed E-state index contributed by atoms with van der Waals surface area (Å²) < 4.78 is 0. The summed E-state index contributed by atoms with van der Waals surface area (Å²) in [5, 5.41) is 12.3. The molecule has 1 aromatic rings. The molecule has 1 fully saturated rings. The Balaban J connectivity index is 2.21. The fraction of sp³-hybridized carbons (Fsp3) is 0.444. The minimum absolute atomic E-state index is 0.00492. The van der Waals surface area contributed by atoms with Gasteiger partial charge in [0.05, 0.1) is 5.56 Å².